The Morgan fingerprint density at radius 2 is 1.39 bits per heavy atom. The molecular formula is C25H40FNO. The van der Waals surface area contributed by atoms with E-state index < -0.39 is 0 Å². The molecular weight excluding hydrogens is 349 g/mol. The minimum absolute atomic E-state index is 0.162. The summed E-state index contributed by atoms with van der Waals surface area (Å²) in [7, 11) is 0. The van der Waals surface area contributed by atoms with Crippen molar-refractivity contribution in [2.24, 2.45) is 5.92 Å². The maximum absolute atomic E-state index is 13.2. The van der Waals surface area contributed by atoms with Crippen molar-refractivity contribution in [3.8, 4) is 0 Å². The fourth-order valence-corrected chi connectivity index (χ4v) is 3.96. The molecule has 1 aromatic carbocycles. The van der Waals surface area contributed by atoms with Gasteiger partial charge in [-0.3, -0.25) is 4.79 Å². The summed E-state index contributed by atoms with van der Waals surface area (Å²) in [5, 5.41) is 0. The van der Waals surface area contributed by atoms with Crippen LogP contribution in [0.5, 0.6) is 0 Å². The molecule has 0 spiro atoms. The van der Waals surface area contributed by atoms with E-state index in [0.29, 0.717) is 17.7 Å². The van der Waals surface area contributed by atoms with E-state index >= 15 is 0 Å². The lowest BCUT2D eigenvalue weighted by Gasteiger charge is -2.06. The van der Waals surface area contributed by atoms with Gasteiger partial charge in [0.25, 0.3) is 0 Å². The van der Waals surface area contributed by atoms with Gasteiger partial charge >= 0.3 is 0 Å². The predicted octanol–water partition coefficient (Wildman–Crippen LogP) is 7.39. The lowest BCUT2D eigenvalue weighted by atomic mass is 10.0. The van der Waals surface area contributed by atoms with E-state index in [1.807, 2.05) is 0 Å². The molecule has 0 amide bonds. The van der Waals surface area contributed by atoms with Gasteiger partial charge in [-0.1, -0.05) is 89.9 Å². The Morgan fingerprint density at radius 3 is 1.96 bits per heavy atom. The van der Waals surface area contributed by atoms with Crippen molar-refractivity contribution < 1.29 is 9.18 Å². The molecule has 28 heavy (non-hydrogen) atoms. The van der Waals surface area contributed by atoms with Crippen LogP contribution < -0.4 is 5.73 Å². The number of rotatable bonds is 17. The van der Waals surface area contributed by atoms with Crippen LogP contribution in [0.15, 0.2) is 18.2 Å². The number of benzene rings is 1. The predicted molar refractivity (Wildman–Crippen MR) is 117 cm³/mol. The first-order chi connectivity index (χ1) is 13.6. The molecule has 0 aliphatic heterocycles. The molecule has 1 aliphatic rings. The first kappa shape index (κ1) is 22.9. The van der Waals surface area contributed by atoms with Crippen LogP contribution in [0.25, 0.3) is 0 Å². The van der Waals surface area contributed by atoms with Crippen LogP contribution in [0, 0.1) is 11.7 Å². The molecule has 1 aliphatic carbocycles. The average Bonchev–Trinajstić information content (AvgIpc) is 3.49. The summed E-state index contributed by atoms with van der Waals surface area (Å²) in [6.07, 6.45) is 21.1. The van der Waals surface area contributed by atoms with Crippen molar-refractivity contribution in [3.05, 3.63) is 29.6 Å². The zero-order valence-corrected chi connectivity index (χ0v) is 17.7. The van der Waals surface area contributed by atoms with Gasteiger partial charge in [0, 0.05) is 18.5 Å². The van der Waals surface area contributed by atoms with Crippen molar-refractivity contribution >= 4 is 11.5 Å². The van der Waals surface area contributed by atoms with Gasteiger partial charge < -0.3 is 5.73 Å². The third-order valence-electron chi connectivity index (χ3n) is 6.01. The number of hydrogen-bond acceptors (Lipinski definition) is 2. The zero-order chi connectivity index (χ0) is 20.0. The minimum Gasteiger partial charge on any atom is -0.398 e. The van der Waals surface area contributed by atoms with Crippen molar-refractivity contribution in [2.45, 2.75) is 109 Å². The summed E-state index contributed by atoms with van der Waals surface area (Å²) in [4.78, 5) is 12.0. The number of hydrogen-bond donors (Lipinski definition) is 1. The zero-order valence-electron chi connectivity index (χ0n) is 17.7. The highest BCUT2D eigenvalue weighted by Crippen LogP contribution is 2.34. The molecule has 0 atom stereocenters. The molecule has 0 radical (unpaired) electrons. The molecule has 158 valence electrons. The van der Waals surface area contributed by atoms with Crippen LogP contribution in [-0.4, -0.2) is 5.78 Å². The van der Waals surface area contributed by atoms with Crippen LogP contribution in [-0.2, 0) is 11.2 Å². The normalized spacial score (nSPS) is 13.8. The molecule has 1 saturated carbocycles. The van der Waals surface area contributed by atoms with Crippen molar-refractivity contribution in [1.82, 2.24) is 0 Å². The van der Waals surface area contributed by atoms with E-state index in [1.165, 1.54) is 102 Å². The fraction of sp³-hybridized carbons (Fsp3) is 0.720. The molecule has 1 fully saturated rings. The number of Topliss-reactive ketones (excluding diaryl/α,β-unsaturated/α-hetero) is 1. The molecule has 2 nitrogen and oxygen atoms in total. The number of carbonyl (C=O) groups is 1. The highest BCUT2D eigenvalue weighted by atomic mass is 19.1. The summed E-state index contributed by atoms with van der Waals surface area (Å²) < 4.78 is 13.2. The van der Waals surface area contributed by atoms with E-state index in [4.69, 9.17) is 5.73 Å². The quantitative estimate of drug-likeness (QED) is 0.223. The molecule has 3 heteroatoms. The first-order valence-corrected chi connectivity index (χ1v) is 11.7. The maximum atomic E-state index is 13.2. The van der Waals surface area contributed by atoms with Crippen LogP contribution in [0.4, 0.5) is 10.1 Å². The Balaban J connectivity index is 1.33. The van der Waals surface area contributed by atoms with Crippen molar-refractivity contribution in [2.75, 3.05) is 5.73 Å². The molecule has 0 bridgehead atoms. The lowest BCUT2D eigenvalue weighted by molar-refractivity contribution is -0.118. The van der Waals surface area contributed by atoms with Gasteiger partial charge in [-0.05, 0) is 36.1 Å². The number of nitrogens with two attached hydrogens (primary N) is 1. The standard InChI is InChI=1S/C25H40FNO/c26-23-17-18-25(27)22(19-23)20-24(28)14-12-10-8-6-4-2-1-3-5-7-9-11-13-21-15-16-21/h17-19,21H,1-16,20,27H2. The first-order valence-electron chi connectivity index (χ1n) is 11.7. The van der Waals surface area contributed by atoms with Crippen molar-refractivity contribution in [1.29, 1.82) is 0 Å². The topological polar surface area (TPSA) is 43.1 Å². The van der Waals surface area contributed by atoms with Gasteiger partial charge in [0.1, 0.15) is 11.6 Å². The molecule has 2 N–H and O–H groups in total. The van der Waals surface area contributed by atoms with E-state index in [0.717, 1.165) is 18.8 Å². The Kier molecular flexibility index (Phi) is 11.2. The lowest BCUT2D eigenvalue weighted by Crippen LogP contribution is -2.05. The number of anilines is 1. The van der Waals surface area contributed by atoms with E-state index in [1.54, 1.807) is 0 Å². The van der Waals surface area contributed by atoms with Crippen LogP contribution >= 0.6 is 0 Å². The molecule has 0 saturated heterocycles. The third-order valence-corrected chi connectivity index (χ3v) is 6.01. The minimum atomic E-state index is -0.328. The number of unbranched alkanes of at least 4 members (excludes halogenated alkanes) is 11. The summed E-state index contributed by atoms with van der Waals surface area (Å²) in [6.45, 7) is 0. The number of ketones is 1. The highest BCUT2D eigenvalue weighted by Gasteiger charge is 2.19. The Labute approximate surface area is 171 Å². The largest absolute Gasteiger partial charge is 0.398 e. The second-order valence-corrected chi connectivity index (χ2v) is 8.78. The average molecular weight is 390 g/mol. The van der Waals surface area contributed by atoms with E-state index in [-0.39, 0.29) is 18.0 Å². The molecule has 0 unspecified atom stereocenters. The maximum Gasteiger partial charge on any atom is 0.137 e. The van der Waals surface area contributed by atoms with Gasteiger partial charge in [-0.2, -0.15) is 0 Å². The summed E-state index contributed by atoms with van der Waals surface area (Å²) >= 11 is 0. The third kappa shape index (κ3) is 10.8. The number of halogens is 1. The SMILES string of the molecule is Nc1ccc(F)cc1CC(=O)CCCCCCCCCCCCCCC1CC1. The van der Waals surface area contributed by atoms with Crippen LogP contribution in [0.3, 0.4) is 0 Å². The number of carbonyl (C=O) groups excluding carboxylic acids is 1. The van der Waals surface area contributed by atoms with Crippen LogP contribution in [0.1, 0.15) is 108 Å². The molecule has 1 aromatic rings. The summed E-state index contributed by atoms with van der Waals surface area (Å²) in [5.74, 6) is 0.936. The Hall–Kier alpha value is -1.38. The monoisotopic (exact) mass is 389 g/mol. The second-order valence-electron chi connectivity index (χ2n) is 8.78. The highest BCUT2D eigenvalue weighted by molar-refractivity contribution is 5.82. The van der Waals surface area contributed by atoms with Gasteiger partial charge in [-0.15, -0.1) is 0 Å². The summed E-state index contributed by atoms with van der Waals surface area (Å²) in [6, 6.07) is 4.24. The van der Waals surface area contributed by atoms with Crippen molar-refractivity contribution in [3.63, 3.8) is 0 Å². The second kappa shape index (κ2) is 13.7. The summed E-state index contributed by atoms with van der Waals surface area (Å²) in [5.41, 5.74) is 6.93. The van der Waals surface area contributed by atoms with Gasteiger partial charge in [-0.25, -0.2) is 4.39 Å². The van der Waals surface area contributed by atoms with Gasteiger partial charge in [0.2, 0.25) is 0 Å². The number of nitrogen functional groups attached to an aromatic ring is 1. The van der Waals surface area contributed by atoms with E-state index in [2.05, 4.69) is 0 Å². The Morgan fingerprint density at radius 1 is 0.857 bits per heavy atom. The smallest absolute Gasteiger partial charge is 0.137 e. The molecule has 2 rings (SSSR count). The molecule has 0 heterocycles. The van der Waals surface area contributed by atoms with E-state index in [9.17, 15) is 9.18 Å². The van der Waals surface area contributed by atoms with Crippen LogP contribution in [0.2, 0.25) is 0 Å². The fourth-order valence-electron chi connectivity index (χ4n) is 3.96. The Bertz CT molecular complexity index is 568. The van der Waals surface area contributed by atoms with Gasteiger partial charge in [0.05, 0.1) is 0 Å². The van der Waals surface area contributed by atoms with Gasteiger partial charge in [0.15, 0.2) is 0 Å². The molecule has 0 aromatic heterocycles.